The van der Waals surface area contributed by atoms with Gasteiger partial charge >= 0.3 is 0 Å². The van der Waals surface area contributed by atoms with E-state index in [1.165, 1.54) is 23.1 Å². The second-order valence-electron chi connectivity index (χ2n) is 6.45. The van der Waals surface area contributed by atoms with Gasteiger partial charge in [0.2, 0.25) is 17.0 Å². The molecule has 1 aliphatic heterocycles. The summed E-state index contributed by atoms with van der Waals surface area (Å²) in [6, 6.07) is 0. The van der Waals surface area contributed by atoms with E-state index in [0.29, 0.717) is 35.6 Å². The molecule has 2 aliphatic rings. The van der Waals surface area contributed by atoms with E-state index in [1.54, 1.807) is 11.7 Å². The maximum Gasteiger partial charge on any atom is 0.233 e. The van der Waals surface area contributed by atoms with E-state index in [2.05, 4.69) is 25.8 Å². The van der Waals surface area contributed by atoms with Crippen molar-refractivity contribution in [2.45, 2.75) is 37.4 Å². The third-order valence-corrected chi connectivity index (χ3v) is 6.69. The van der Waals surface area contributed by atoms with Crippen LogP contribution in [0.5, 0.6) is 0 Å². The molecular formula is C15H19N7O2S2. The van der Waals surface area contributed by atoms with Crippen LogP contribution in [0, 0.1) is 5.92 Å². The van der Waals surface area contributed by atoms with Crippen LogP contribution in [-0.2, 0) is 29.6 Å². The molecule has 26 heavy (non-hydrogen) atoms. The highest BCUT2D eigenvalue weighted by Gasteiger charge is 2.28. The van der Waals surface area contributed by atoms with E-state index in [9.17, 15) is 9.59 Å². The number of carbonyl (C=O) groups is 2. The van der Waals surface area contributed by atoms with E-state index < -0.39 is 0 Å². The Morgan fingerprint density at radius 1 is 1.38 bits per heavy atom. The number of tetrazole rings is 1. The van der Waals surface area contributed by atoms with Gasteiger partial charge in [-0.1, -0.05) is 29.5 Å². The van der Waals surface area contributed by atoms with Crippen molar-refractivity contribution < 1.29 is 9.59 Å². The van der Waals surface area contributed by atoms with Gasteiger partial charge in [-0.25, -0.2) is 9.67 Å². The number of amides is 2. The first-order valence-electron chi connectivity index (χ1n) is 8.52. The van der Waals surface area contributed by atoms with Crippen LogP contribution in [0.3, 0.4) is 0 Å². The molecule has 0 spiro atoms. The molecule has 138 valence electrons. The normalized spacial score (nSPS) is 16.9. The van der Waals surface area contributed by atoms with E-state index in [1.807, 2.05) is 4.90 Å². The zero-order valence-electron chi connectivity index (χ0n) is 14.3. The standard InChI is InChI=1S/C15H19N7O2S2/c1-21-15(18-19-20-21)25-8-12(23)22-6-5-10-11(7-22)26-14(16-10)17-13(24)9-3-2-4-9/h9H,2-8H2,1H3,(H,16,17,24). The number of nitrogens with zero attached hydrogens (tertiary/aromatic N) is 6. The number of anilines is 1. The van der Waals surface area contributed by atoms with Crippen LogP contribution in [0.25, 0.3) is 0 Å². The lowest BCUT2D eigenvalue weighted by atomic mass is 9.85. The quantitative estimate of drug-likeness (QED) is 0.758. The summed E-state index contributed by atoms with van der Waals surface area (Å²) in [5.41, 5.74) is 0.994. The van der Waals surface area contributed by atoms with E-state index >= 15 is 0 Å². The van der Waals surface area contributed by atoms with Crippen LogP contribution >= 0.6 is 23.1 Å². The third-order valence-electron chi connectivity index (χ3n) is 4.70. The van der Waals surface area contributed by atoms with Gasteiger partial charge in [0, 0.05) is 30.8 Å². The van der Waals surface area contributed by atoms with Gasteiger partial charge in [-0.3, -0.25) is 9.59 Å². The van der Waals surface area contributed by atoms with Gasteiger partial charge in [-0.15, -0.1) is 5.10 Å². The Morgan fingerprint density at radius 3 is 2.92 bits per heavy atom. The number of thioether (sulfide) groups is 1. The molecule has 0 aromatic carbocycles. The highest BCUT2D eigenvalue weighted by Crippen LogP contribution is 2.31. The van der Waals surface area contributed by atoms with Gasteiger partial charge in [-0.2, -0.15) is 0 Å². The summed E-state index contributed by atoms with van der Waals surface area (Å²) in [6.45, 7) is 1.19. The van der Waals surface area contributed by atoms with Crippen molar-refractivity contribution in [1.82, 2.24) is 30.1 Å². The summed E-state index contributed by atoms with van der Waals surface area (Å²) >= 11 is 2.80. The Morgan fingerprint density at radius 2 is 2.23 bits per heavy atom. The molecule has 11 heteroatoms. The maximum atomic E-state index is 12.5. The molecule has 2 aromatic rings. The predicted octanol–water partition coefficient (Wildman–Crippen LogP) is 1.08. The molecule has 0 saturated heterocycles. The van der Waals surface area contributed by atoms with E-state index in [4.69, 9.17) is 0 Å². The van der Waals surface area contributed by atoms with Crippen LogP contribution in [0.4, 0.5) is 5.13 Å². The molecule has 1 aliphatic carbocycles. The number of carbonyl (C=O) groups excluding carboxylic acids is 2. The second-order valence-corrected chi connectivity index (χ2v) is 8.47. The molecule has 1 N–H and O–H groups in total. The lowest BCUT2D eigenvalue weighted by Gasteiger charge is -2.25. The van der Waals surface area contributed by atoms with Gasteiger partial charge in [0.05, 0.1) is 18.0 Å². The SMILES string of the molecule is Cn1nnnc1SCC(=O)N1CCc2nc(NC(=O)C3CCC3)sc2C1. The zero-order chi connectivity index (χ0) is 18.1. The summed E-state index contributed by atoms with van der Waals surface area (Å²) in [5, 5.41) is 15.4. The topological polar surface area (TPSA) is 106 Å². The fourth-order valence-electron chi connectivity index (χ4n) is 2.90. The average Bonchev–Trinajstić information content (AvgIpc) is 3.15. The number of aryl methyl sites for hydroxylation is 1. The fraction of sp³-hybridized carbons (Fsp3) is 0.600. The molecule has 0 atom stereocenters. The molecule has 0 radical (unpaired) electrons. The summed E-state index contributed by atoms with van der Waals surface area (Å²) in [4.78, 5) is 32.0. The van der Waals surface area contributed by atoms with Crippen LogP contribution in [-0.4, -0.2) is 54.2 Å². The van der Waals surface area contributed by atoms with E-state index in [0.717, 1.165) is 29.8 Å². The maximum absolute atomic E-state index is 12.5. The molecule has 0 bridgehead atoms. The first-order valence-corrected chi connectivity index (χ1v) is 10.3. The lowest BCUT2D eigenvalue weighted by molar-refractivity contribution is -0.129. The zero-order valence-corrected chi connectivity index (χ0v) is 16.0. The first kappa shape index (κ1) is 17.4. The number of hydrogen-bond acceptors (Lipinski definition) is 8. The molecule has 1 fully saturated rings. The average molecular weight is 393 g/mol. The van der Waals surface area contributed by atoms with Crippen molar-refractivity contribution in [1.29, 1.82) is 0 Å². The Labute approximate surface area is 158 Å². The minimum absolute atomic E-state index is 0.0529. The summed E-state index contributed by atoms with van der Waals surface area (Å²) in [5.74, 6) is 0.565. The highest BCUT2D eigenvalue weighted by molar-refractivity contribution is 7.99. The molecule has 2 aromatic heterocycles. The smallest absolute Gasteiger partial charge is 0.233 e. The van der Waals surface area contributed by atoms with E-state index in [-0.39, 0.29) is 17.7 Å². The fourth-order valence-corrected chi connectivity index (χ4v) is 4.68. The van der Waals surface area contributed by atoms with Crippen molar-refractivity contribution in [2.75, 3.05) is 17.6 Å². The molecular weight excluding hydrogens is 374 g/mol. The Hall–Kier alpha value is -2.01. The molecule has 9 nitrogen and oxygen atoms in total. The van der Waals surface area contributed by atoms with Gasteiger partial charge < -0.3 is 10.2 Å². The number of nitrogens with one attached hydrogen (secondary N) is 1. The molecule has 0 unspecified atom stereocenters. The molecule has 1 saturated carbocycles. The number of hydrogen-bond donors (Lipinski definition) is 1. The number of aromatic nitrogens is 5. The molecule has 4 rings (SSSR count). The first-order chi connectivity index (χ1) is 12.6. The summed E-state index contributed by atoms with van der Waals surface area (Å²) in [6.07, 6.45) is 3.79. The van der Waals surface area contributed by atoms with Crippen molar-refractivity contribution in [3.8, 4) is 0 Å². The molecule has 2 amide bonds. The monoisotopic (exact) mass is 393 g/mol. The van der Waals surface area contributed by atoms with Crippen LogP contribution in [0.2, 0.25) is 0 Å². The van der Waals surface area contributed by atoms with Crippen molar-refractivity contribution >= 4 is 40.0 Å². The summed E-state index contributed by atoms with van der Waals surface area (Å²) < 4.78 is 1.55. The molecule has 3 heterocycles. The Kier molecular flexibility index (Phi) is 4.90. The van der Waals surface area contributed by atoms with Crippen LogP contribution in [0.1, 0.15) is 29.8 Å². The lowest BCUT2D eigenvalue weighted by Crippen LogP contribution is -2.36. The van der Waals surface area contributed by atoms with Gasteiger partial charge in [0.1, 0.15) is 0 Å². The minimum Gasteiger partial charge on any atom is -0.336 e. The number of thiazole rings is 1. The van der Waals surface area contributed by atoms with Crippen LogP contribution in [0.15, 0.2) is 5.16 Å². The number of rotatable bonds is 5. The van der Waals surface area contributed by atoms with Gasteiger partial charge in [0.15, 0.2) is 5.13 Å². The third kappa shape index (κ3) is 3.58. The highest BCUT2D eigenvalue weighted by atomic mass is 32.2. The second kappa shape index (κ2) is 7.31. The largest absolute Gasteiger partial charge is 0.336 e. The summed E-state index contributed by atoms with van der Waals surface area (Å²) in [7, 11) is 1.75. The predicted molar refractivity (Wildman–Crippen MR) is 96.7 cm³/mol. The van der Waals surface area contributed by atoms with Gasteiger partial charge in [0.25, 0.3) is 0 Å². The Bertz CT molecular complexity index is 830. The minimum atomic E-state index is 0.0529. The van der Waals surface area contributed by atoms with Crippen molar-refractivity contribution in [2.24, 2.45) is 13.0 Å². The van der Waals surface area contributed by atoms with Crippen LogP contribution < -0.4 is 5.32 Å². The van der Waals surface area contributed by atoms with Crippen molar-refractivity contribution in [3.05, 3.63) is 10.6 Å². The Balaban J connectivity index is 1.34. The number of fused-ring (bicyclic) bond motifs is 1. The van der Waals surface area contributed by atoms with Crippen molar-refractivity contribution in [3.63, 3.8) is 0 Å². The van der Waals surface area contributed by atoms with Gasteiger partial charge in [-0.05, 0) is 23.3 Å².